The zero-order valence-electron chi connectivity index (χ0n) is 9.11. The lowest BCUT2D eigenvalue weighted by Gasteiger charge is -2.09. The molecule has 0 atom stereocenters. The first-order valence-corrected chi connectivity index (χ1v) is 5.02. The Morgan fingerprint density at radius 3 is 2.28 bits per heavy atom. The maximum absolute atomic E-state index is 12.3. The van der Waals surface area contributed by atoms with Crippen LogP contribution in [0.25, 0.3) is 0 Å². The Morgan fingerprint density at radius 2 is 1.72 bits per heavy atom. The molecule has 0 aliphatic rings. The highest BCUT2D eigenvalue weighted by atomic mass is 19.4. The van der Waals surface area contributed by atoms with E-state index in [2.05, 4.69) is 4.98 Å². The normalized spacial score (nSPS) is 11.3. The number of halogens is 3. The molecule has 90 valence electrons. The SMILES string of the molecule is [B]c1cccnc1Oc1ccc(C(F)(F)F)cc1. The fourth-order valence-electron chi connectivity index (χ4n) is 1.31. The lowest BCUT2D eigenvalue weighted by molar-refractivity contribution is -0.137. The van der Waals surface area contributed by atoms with Gasteiger partial charge < -0.3 is 4.74 Å². The highest BCUT2D eigenvalue weighted by Gasteiger charge is 2.30. The van der Waals surface area contributed by atoms with E-state index in [1.807, 2.05) is 0 Å². The second-order valence-corrected chi connectivity index (χ2v) is 3.52. The van der Waals surface area contributed by atoms with Crippen LogP contribution in [0.15, 0.2) is 42.6 Å². The van der Waals surface area contributed by atoms with Gasteiger partial charge >= 0.3 is 6.18 Å². The molecule has 2 radical (unpaired) electrons. The summed E-state index contributed by atoms with van der Waals surface area (Å²) in [6, 6.07) is 7.54. The van der Waals surface area contributed by atoms with E-state index < -0.39 is 11.7 Å². The van der Waals surface area contributed by atoms with Crippen molar-refractivity contribution < 1.29 is 17.9 Å². The molecule has 0 N–H and O–H groups in total. The van der Waals surface area contributed by atoms with Crippen molar-refractivity contribution in [1.29, 1.82) is 0 Å². The van der Waals surface area contributed by atoms with Crippen LogP contribution in [0.4, 0.5) is 13.2 Å². The van der Waals surface area contributed by atoms with E-state index in [1.54, 1.807) is 12.1 Å². The zero-order chi connectivity index (χ0) is 13.2. The Morgan fingerprint density at radius 1 is 1.06 bits per heavy atom. The van der Waals surface area contributed by atoms with Crippen LogP contribution in [-0.2, 0) is 6.18 Å². The molecule has 2 aromatic rings. The van der Waals surface area contributed by atoms with Gasteiger partial charge in [0, 0.05) is 6.20 Å². The highest BCUT2D eigenvalue weighted by molar-refractivity contribution is 6.33. The van der Waals surface area contributed by atoms with Gasteiger partial charge in [0.25, 0.3) is 0 Å². The number of nitrogens with zero attached hydrogens (tertiary/aromatic N) is 1. The summed E-state index contributed by atoms with van der Waals surface area (Å²) in [5, 5.41) is 0. The van der Waals surface area contributed by atoms with Crippen molar-refractivity contribution in [2.45, 2.75) is 6.18 Å². The molecule has 0 aliphatic heterocycles. The van der Waals surface area contributed by atoms with Gasteiger partial charge in [-0.15, -0.1) is 0 Å². The van der Waals surface area contributed by atoms with Gasteiger partial charge in [-0.3, -0.25) is 0 Å². The Kier molecular flexibility index (Phi) is 3.27. The van der Waals surface area contributed by atoms with Gasteiger partial charge in [0.1, 0.15) is 13.6 Å². The van der Waals surface area contributed by atoms with Crippen LogP contribution in [0, 0.1) is 0 Å². The third-order valence-electron chi connectivity index (χ3n) is 2.20. The number of pyridine rings is 1. The Bertz CT molecular complexity index is 540. The van der Waals surface area contributed by atoms with Gasteiger partial charge in [-0.2, -0.15) is 13.2 Å². The summed E-state index contributed by atoms with van der Waals surface area (Å²) >= 11 is 0. The smallest absolute Gasteiger partial charge is 0.416 e. The predicted octanol–water partition coefficient (Wildman–Crippen LogP) is 2.69. The monoisotopic (exact) mass is 249 g/mol. The Hall–Kier alpha value is -1.98. The first kappa shape index (κ1) is 12.5. The number of rotatable bonds is 2. The van der Waals surface area contributed by atoms with Crippen molar-refractivity contribution in [2.75, 3.05) is 0 Å². The summed E-state index contributed by atoms with van der Waals surface area (Å²) in [5.74, 6) is 0.408. The van der Waals surface area contributed by atoms with Gasteiger partial charge in [0.05, 0.1) is 5.56 Å². The number of aromatic nitrogens is 1. The summed E-state index contributed by atoms with van der Waals surface area (Å²) < 4.78 is 42.3. The molecule has 6 heteroatoms. The molecule has 1 aromatic carbocycles. The summed E-state index contributed by atoms with van der Waals surface area (Å²) in [4.78, 5) is 3.88. The number of hydrogen-bond donors (Lipinski definition) is 0. The van der Waals surface area contributed by atoms with Crippen molar-refractivity contribution in [1.82, 2.24) is 4.98 Å². The fourth-order valence-corrected chi connectivity index (χ4v) is 1.31. The lowest BCUT2D eigenvalue weighted by atomic mass is 9.98. The van der Waals surface area contributed by atoms with Crippen LogP contribution in [0.3, 0.4) is 0 Å². The van der Waals surface area contributed by atoms with Crippen molar-refractivity contribution in [3.8, 4) is 11.6 Å². The van der Waals surface area contributed by atoms with Crippen LogP contribution in [-0.4, -0.2) is 12.8 Å². The highest BCUT2D eigenvalue weighted by Crippen LogP contribution is 2.30. The molecule has 18 heavy (non-hydrogen) atoms. The van der Waals surface area contributed by atoms with E-state index in [9.17, 15) is 13.2 Å². The van der Waals surface area contributed by atoms with Gasteiger partial charge in [0.2, 0.25) is 5.88 Å². The standard InChI is InChI=1S/C12H7BF3NO/c13-10-2-1-7-17-11(10)18-9-5-3-8(4-6-9)12(14,15)16/h1-7H. The lowest BCUT2D eigenvalue weighted by Crippen LogP contribution is -2.08. The number of benzene rings is 1. The van der Waals surface area contributed by atoms with Crippen LogP contribution in [0.2, 0.25) is 0 Å². The van der Waals surface area contributed by atoms with Crippen molar-refractivity contribution >= 4 is 13.3 Å². The summed E-state index contributed by atoms with van der Waals surface area (Å²) in [7, 11) is 5.60. The van der Waals surface area contributed by atoms with Gasteiger partial charge in [-0.25, -0.2) is 4.98 Å². The quantitative estimate of drug-likeness (QED) is 0.763. The fraction of sp³-hybridized carbons (Fsp3) is 0.0833. The Labute approximate surface area is 103 Å². The summed E-state index contributed by atoms with van der Waals surface area (Å²) in [6.07, 6.45) is -2.88. The molecule has 2 rings (SSSR count). The molecule has 2 nitrogen and oxygen atoms in total. The van der Waals surface area contributed by atoms with Crippen molar-refractivity contribution in [2.24, 2.45) is 0 Å². The van der Waals surface area contributed by atoms with Crippen molar-refractivity contribution in [3.05, 3.63) is 48.2 Å². The summed E-state index contributed by atoms with van der Waals surface area (Å²) in [5.41, 5.74) is -0.416. The zero-order valence-corrected chi connectivity index (χ0v) is 9.11. The molecule has 0 spiro atoms. The number of ether oxygens (including phenoxy) is 1. The Balaban J connectivity index is 2.19. The van der Waals surface area contributed by atoms with Crippen LogP contribution in [0.5, 0.6) is 11.6 Å². The largest absolute Gasteiger partial charge is 0.440 e. The number of hydrogen-bond acceptors (Lipinski definition) is 2. The van der Waals surface area contributed by atoms with Crippen molar-refractivity contribution in [3.63, 3.8) is 0 Å². The second kappa shape index (κ2) is 4.72. The molecule has 0 fully saturated rings. The molecule has 0 bridgehead atoms. The summed E-state index contributed by atoms with van der Waals surface area (Å²) in [6.45, 7) is 0. The van der Waals surface area contributed by atoms with Crippen LogP contribution >= 0.6 is 0 Å². The molecule has 0 saturated carbocycles. The van der Waals surface area contributed by atoms with E-state index in [0.29, 0.717) is 5.46 Å². The predicted molar refractivity (Wildman–Crippen MR) is 61.1 cm³/mol. The molecule has 0 saturated heterocycles. The molecule has 0 amide bonds. The molecule has 1 heterocycles. The van der Waals surface area contributed by atoms with Gasteiger partial charge in [0.15, 0.2) is 0 Å². The van der Waals surface area contributed by atoms with Crippen LogP contribution in [0.1, 0.15) is 5.56 Å². The molecule has 0 aliphatic carbocycles. The maximum atomic E-state index is 12.3. The minimum Gasteiger partial charge on any atom is -0.440 e. The third-order valence-corrected chi connectivity index (χ3v) is 2.20. The molecular weight excluding hydrogens is 242 g/mol. The minimum absolute atomic E-state index is 0.164. The van der Waals surface area contributed by atoms with Gasteiger partial charge in [-0.05, 0) is 35.8 Å². The second-order valence-electron chi connectivity index (χ2n) is 3.52. The maximum Gasteiger partial charge on any atom is 0.416 e. The first-order chi connectivity index (χ1) is 8.47. The van der Waals surface area contributed by atoms with E-state index in [-0.39, 0.29) is 11.6 Å². The molecule has 0 unspecified atom stereocenters. The average molecular weight is 249 g/mol. The molecule has 1 aromatic heterocycles. The molecular formula is C12H7BF3NO. The van der Waals surface area contributed by atoms with E-state index >= 15 is 0 Å². The topological polar surface area (TPSA) is 22.1 Å². The minimum atomic E-state index is -4.36. The van der Waals surface area contributed by atoms with Gasteiger partial charge in [-0.1, -0.05) is 6.07 Å². The third kappa shape index (κ3) is 2.82. The average Bonchev–Trinajstić information content (AvgIpc) is 2.32. The van der Waals surface area contributed by atoms with E-state index in [0.717, 1.165) is 12.1 Å². The number of alkyl halides is 3. The van der Waals surface area contributed by atoms with E-state index in [1.165, 1.54) is 18.3 Å². The first-order valence-electron chi connectivity index (χ1n) is 5.02. The van der Waals surface area contributed by atoms with E-state index in [4.69, 9.17) is 12.6 Å². The van der Waals surface area contributed by atoms with Crippen LogP contribution < -0.4 is 10.2 Å².